The summed E-state index contributed by atoms with van der Waals surface area (Å²) in [5, 5.41) is 9.43. The highest BCUT2D eigenvalue weighted by Crippen LogP contribution is 2.10. The predicted octanol–water partition coefficient (Wildman–Crippen LogP) is 0.327. The molecule has 1 amide bonds. The van der Waals surface area contributed by atoms with Gasteiger partial charge in [0.15, 0.2) is 0 Å². The SMILES string of the molecule is NC1CN(C(=O)OCc2ccccc2)C[C@@H]1O. The number of ether oxygens (including phenoxy) is 1. The first kappa shape index (κ1) is 11.9. The van der Waals surface area contributed by atoms with Gasteiger partial charge in [0.2, 0.25) is 0 Å². The first-order valence-electron chi connectivity index (χ1n) is 5.56. The van der Waals surface area contributed by atoms with Crippen LogP contribution in [0.5, 0.6) is 0 Å². The lowest BCUT2D eigenvalue weighted by molar-refractivity contribution is 0.0971. The molecule has 2 rings (SSSR count). The van der Waals surface area contributed by atoms with E-state index in [4.69, 9.17) is 10.5 Å². The zero-order chi connectivity index (χ0) is 12.3. The maximum atomic E-state index is 11.6. The second kappa shape index (κ2) is 5.16. The van der Waals surface area contributed by atoms with Crippen LogP contribution in [0.25, 0.3) is 0 Å². The molecule has 1 fully saturated rings. The Hall–Kier alpha value is -1.59. The molecule has 1 saturated heterocycles. The molecule has 0 saturated carbocycles. The highest BCUT2D eigenvalue weighted by Gasteiger charge is 2.32. The highest BCUT2D eigenvalue weighted by molar-refractivity contribution is 5.68. The van der Waals surface area contributed by atoms with Crippen molar-refractivity contribution in [3.8, 4) is 0 Å². The normalized spacial score (nSPS) is 23.8. The van der Waals surface area contributed by atoms with Gasteiger partial charge in [-0.15, -0.1) is 0 Å². The number of nitrogens with two attached hydrogens (primary N) is 1. The minimum atomic E-state index is -0.653. The summed E-state index contributed by atoms with van der Waals surface area (Å²) < 4.78 is 5.13. The lowest BCUT2D eigenvalue weighted by atomic mass is 10.2. The Kier molecular flexibility index (Phi) is 3.61. The van der Waals surface area contributed by atoms with E-state index in [1.165, 1.54) is 4.90 Å². The number of hydrogen-bond donors (Lipinski definition) is 2. The third kappa shape index (κ3) is 2.95. The number of aliphatic hydroxyl groups is 1. The number of aliphatic hydroxyl groups excluding tert-OH is 1. The van der Waals surface area contributed by atoms with E-state index in [-0.39, 0.29) is 19.2 Å². The van der Waals surface area contributed by atoms with Crippen LogP contribution >= 0.6 is 0 Å². The first-order chi connectivity index (χ1) is 8.16. The van der Waals surface area contributed by atoms with Crippen molar-refractivity contribution < 1.29 is 14.6 Å². The molecule has 3 N–H and O–H groups in total. The van der Waals surface area contributed by atoms with E-state index in [1.54, 1.807) is 0 Å². The van der Waals surface area contributed by atoms with Crippen LogP contribution in [0.2, 0.25) is 0 Å². The number of carbonyl (C=O) groups excluding carboxylic acids is 1. The maximum absolute atomic E-state index is 11.6. The zero-order valence-electron chi connectivity index (χ0n) is 9.45. The smallest absolute Gasteiger partial charge is 0.410 e. The molecule has 1 aliphatic rings. The van der Waals surface area contributed by atoms with Gasteiger partial charge in [0.1, 0.15) is 6.61 Å². The Bertz CT molecular complexity index is 373. The van der Waals surface area contributed by atoms with Gasteiger partial charge in [-0.05, 0) is 5.56 Å². The summed E-state index contributed by atoms with van der Waals surface area (Å²) in [5.74, 6) is 0. The summed E-state index contributed by atoms with van der Waals surface area (Å²) in [6.45, 7) is 0.824. The van der Waals surface area contributed by atoms with E-state index in [0.717, 1.165) is 5.56 Å². The van der Waals surface area contributed by atoms with Gasteiger partial charge in [-0.25, -0.2) is 4.79 Å². The monoisotopic (exact) mass is 236 g/mol. The van der Waals surface area contributed by atoms with Crippen LogP contribution < -0.4 is 5.73 Å². The van der Waals surface area contributed by atoms with E-state index >= 15 is 0 Å². The van der Waals surface area contributed by atoms with Crippen LogP contribution in [0.1, 0.15) is 5.56 Å². The van der Waals surface area contributed by atoms with Crippen LogP contribution in [-0.2, 0) is 11.3 Å². The molecule has 1 heterocycles. The molecule has 0 aliphatic carbocycles. The average molecular weight is 236 g/mol. The number of likely N-dealkylation sites (tertiary alicyclic amines) is 1. The average Bonchev–Trinajstić information content (AvgIpc) is 2.68. The minimum Gasteiger partial charge on any atom is -0.445 e. The Morgan fingerprint density at radius 3 is 2.71 bits per heavy atom. The molecule has 0 bridgehead atoms. The fraction of sp³-hybridized carbons (Fsp3) is 0.417. The van der Waals surface area contributed by atoms with Gasteiger partial charge in [0.05, 0.1) is 18.7 Å². The minimum absolute atomic E-state index is 0.238. The molecule has 2 atom stereocenters. The van der Waals surface area contributed by atoms with Crippen molar-refractivity contribution in [3.63, 3.8) is 0 Å². The number of rotatable bonds is 2. The lowest BCUT2D eigenvalue weighted by Gasteiger charge is -2.15. The summed E-state index contributed by atoms with van der Waals surface area (Å²) in [4.78, 5) is 13.1. The van der Waals surface area contributed by atoms with Crippen molar-refractivity contribution in [1.82, 2.24) is 4.90 Å². The van der Waals surface area contributed by atoms with E-state index < -0.39 is 12.2 Å². The van der Waals surface area contributed by atoms with E-state index in [9.17, 15) is 9.90 Å². The second-order valence-electron chi connectivity index (χ2n) is 4.18. The van der Waals surface area contributed by atoms with Gasteiger partial charge in [-0.2, -0.15) is 0 Å². The van der Waals surface area contributed by atoms with E-state index in [1.807, 2.05) is 30.3 Å². The maximum Gasteiger partial charge on any atom is 0.410 e. The molecule has 1 aliphatic heterocycles. The summed E-state index contributed by atoms with van der Waals surface area (Å²) in [6, 6.07) is 9.08. The molecule has 1 aromatic carbocycles. The molecule has 0 spiro atoms. The number of nitrogens with zero attached hydrogens (tertiary/aromatic N) is 1. The fourth-order valence-corrected chi connectivity index (χ4v) is 1.77. The Balaban J connectivity index is 1.82. The zero-order valence-corrected chi connectivity index (χ0v) is 9.45. The van der Waals surface area contributed by atoms with Crippen LogP contribution in [-0.4, -0.2) is 41.3 Å². The lowest BCUT2D eigenvalue weighted by Crippen LogP contribution is -2.33. The second-order valence-corrected chi connectivity index (χ2v) is 4.18. The highest BCUT2D eigenvalue weighted by atomic mass is 16.6. The van der Waals surface area contributed by atoms with Crippen molar-refractivity contribution in [1.29, 1.82) is 0 Å². The van der Waals surface area contributed by atoms with Gasteiger partial charge in [-0.3, -0.25) is 0 Å². The fourth-order valence-electron chi connectivity index (χ4n) is 1.77. The van der Waals surface area contributed by atoms with Crippen molar-refractivity contribution in [3.05, 3.63) is 35.9 Å². The van der Waals surface area contributed by atoms with Gasteiger partial charge >= 0.3 is 6.09 Å². The van der Waals surface area contributed by atoms with Crippen LogP contribution in [0, 0.1) is 0 Å². The molecule has 92 valence electrons. The van der Waals surface area contributed by atoms with Crippen LogP contribution in [0.3, 0.4) is 0 Å². The molecular weight excluding hydrogens is 220 g/mol. The van der Waals surface area contributed by atoms with Gasteiger partial charge in [0, 0.05) is 6.54 Å². The third-order valence-corrected chi connectivity index (χ3v) is 2.80. The Labute approximate surface area is 99.8 Å². The number of β-amino-alcohol motifs (C(OH)–C–C–N with tert-alkyl or cyclic N) is 1. The molecule has 0 radical (unpaired) electrons. The van der Waals surface area contributed by atoms with Crippen molar-refractivity contribution >= 4 is 6.09 Å². The van der Waals surface area contributed by atoms with E-state index in [2.05, 4.69) is 0 Å². The van der Waals surface area contributed by atoms with Crippen molar-refractivity contribution in [2.45, 2.75) is 18.8 Å². The quantitative estimate of drug-likeness (QED) is 0.775. The molecule has 1 aromatic rings. The van der Waals surface area contributed by atoms with Gasteiger partial charge in [-0.1, -0.05) is 30.3 Å². The Morgan fingerprint density at radius 1 is 1.41 bits per heavy atom. The summed E-state index contributed by atoms with van der Waals surface area (Å²) in [6.07, 6.45) is -1.08. The number of carbonyl (C=O) groups is 1. The van der Waals surface area contributed by atoms with Gasteiger partial charge < -0.3 is 20.5 Å². The topological polar surface area (TPSA) is 75.8 Å². The van der Waals surface area contributed by atoms with Gasteiger partial charge in [0.25, 0.3) is 0 Å². The number of hydrogen-bond acceptors (Lipinski definition) is 4. The predicted molar refractivity (Wildman–Crippen MR) is 62.2 cm³/mol. The van der Waals surface area contributed by atoms with Crippen LogP contribution in [0.15, 0.2) is 30.3 Å². The number of benzene rings is 1. The number of amides is 1. The Morgan fingerprint density at radius 2 is 2.12 bits per heavy atom. The van der Waals surface area contributed by atoms with E-state index in [0.29, 0.717) is 6.54 Å². The van der Waals surface area contributed by atoms with Crippen molar-refractivity contribution in [2.24, 2.45) is 5.73 Å². The largest absolute Gasteiger partial charge is 0.445 e. The molecular formula is C12H16N2O3. The standard InChI is InChI=1S/C12H16N2O3/c13-10-6-14(7-11(10)15)12(16)17-8-9-4-2-1-3-5-9/h1-5,10-11,15H,6-8,13H2/t10?,11-/m0/s1. The molecule has 0 aromatic heterocycles. The molecule has 1 unspecified atom stereocenters. The summed E-state index contributed by atoms with van der Waals surface area (Å²) in [7, 11) is 0. The van der Waals surface area contributed by atoms with Crippen LogP contribution in [0.4, 0.5) is 4.79 Å². The third-order valence-electron chi connectivity index (χ3n) is 2.80. The molecule has 5 nitrogen and oxygen atoms in total. The summed E-state index contributed by atoms with van der Waals surface area (Å²) >= 11 is 0. The molecule has 17 heavy (non-hydrogen) atoms. The summed E-state index contributed by atoms with van der Waals surface area (Å²) in [5.41, 5.74) is 6.55. The molecule has 5 heteroatoms. The first-order valence-corrected chi connectivity index (χ1v) is 5.56. The van der Waals surface area contributed by atoms with Crippen molar-refractivity contribution in [2.75, 3.05) is 13.1 Å².